The summed E-state index contributed by atoms with van der Waals surface area (Å²) in [5.74, 6) is -1.81. The molecule has 1 aromatic heterocycles. The van der Waals surface area contributed by atoms with E-state index in [0.29, 0.717) is 6.61 Å². The molecule has 4 N–H and O–H groups in total. The van der Waals surface area contributed by atoms with Crippen LogP contribution in [0.15, 0.2) is 47.2 Å². The first-order valence-corrected chi connectivity index (χ1v) is 10.0. The van der Waals surface area contributed by atoms with Gasteiger partial charge >= 0.3 is 11.9 Å². The van der Waals surface area contributed by atoms with Crippen LogP contribution in [-0.4, -0.2) is 58.0 Å². The zero-order valence-electron chi connectivity index (χ0n) is 17.2. The number of hydrogen-bond donors (Lipinski definition) is 4. The van der Waals surface area contributed by atoms with Crippen LogP contribution in [0.25, 0.3) is 11.1 Å². The van der Waals surface area contributed by atoms with Gasteiger partial charge in [-0.15, -0.1) is 0 Å². The molecule has 2 heterocycles. The van der Waals surface area contributed by atoms with Gasteiger partial charge < -0.3 is 34.5 Å². The average Bonchev–Trinajstić information content (AvgIpc) is 3.24. The van der Waals surface area contributed by atoms with Crippen molar-refractivity contribution in [3.8, 4) is 17.2 Å². The fourth-order valence-electron chi connectivity index (χ4n) is 3.13. The number of carboxylic acids is 2. The first-order valence-electron chi connectivity index (χ1n) is 10.0. The van der Waals surface area contributed by atoms with Crippen LogP contribution in [0.5, 0.6) is 17.2 Å². The van der Waals surface area contributed by atoms with Crippen LogP contribution in [0, 0.1) is 0 Å². The number of benzene rings is 2. The largest absolute Gasteiger partial charge is 0.508 e. The first-order chi connectivity index (χ1) is 15.4. The van der Waals surface area contributed by atoms with Crippen LogP contribution in [-0.2, 0) is 16.0 Å². The molecule has 0 radical (unpaired) electrons. The summed E-state index contributed by atoms with van der Waals surface area (Å²) in [7, 11) is 0. The number of nitrogens with one attached hydrogen (secondary N) is 1. The molecule has 4 rings (SSSR count). The number of ether oxygens (including phenoxy) is 2. The lowest BCUT2D eigenvalue weighted by Gasteiger charge is -2.26. The lowest BCUT2D eigenvalue weighted by molar-refractivity contribution is -0.159. The summed E-state index contributed by atoms with van der Waals surface area (Å²) >= 11 is 0. The molecule has 1 unspecified atom stereocenters. The van der Waals surface area contributed by atoms with Crippen LogP contribution in [0.4, 0.5) is 0 Å². The molecule has 3 aromatic rings. The van der Waals surface area contributed by atoms with Gasteiger partial charge in [0.05, 0.1) is 6.61 Å². The number of rotatable bonds is 7. The van der Waals surface area contributed by atoms with E-state index in [4.69, 9.17) is 33.7 Å². The van der Waals surface area contributed by atoms with Gasteiger partial charge in [0.25, 0.3) is 0 Å². The third kappa shape index (κ3) is 6.61. The summed E-state index contributed by atoms with van der Waals surface area (Å²) in [6, 6.07) is 11.0. The van der Waals surface area contributed by atoms with Crippen LogP contribution in [0.1, 0.15) is 18.4 Å². The fraction of sp³-hybridized carbons (Fsp3) is 0.318. The third-order valence-corrected chi connectivity index (χ3v) is 4.70. The van der Waals surface area contributed by atoms with E-state index >= 15 is 0 Å². The van der Waals surface area contributed by atoms with Crippen molar-refractivity contribution in [2.45, 2.75) is 25.4 Å². The van der Waals surface area contributed by atoms with Crippen molar-refractivity contribution < 1.29 is 38.8 Å². The van der Waals surface area contributed by atoms with Gasteiger partial charge in [-0.25, -0.2) is 14.6 Å². The maximum atomic E-state index is 9.57. The van der Waals surface area contributed by atoms with E-state index in [9.17, 15) is 5.11 Å². The van der Waals surface area contributed by atoms with Crippen LogP contribution in [0.3, 0.4) is 0 Å². The number of aromatic nitrogens is 1. The Bertz CT molecular complexity index is 1050. The van der Waals surface area contributed by atoms with Crippen molar-refractivity contribution in [1.82, 2.24) is 10.3 Å². The highest BCUT2D eigenvalue weighted by Gasteiger charge is 2.19. The van der Waals surface area contributed by atoms with Crippen molar-refractivity contribution in [2.75, 3.05) is 19.7 Å². The number of aliphatic carboxylic acids is 2. The molecule has 0 amide bonds. The number of oxazole rings is 1. The lowest BCUT2D eigenvalue weighted by Crippen LogP contribution is -2.34. The second kappa shape index (κ2) is 11.0. The molecule has 1 atom stereocenters. The normalized spacial score (nSPS) is 14.6. The number of carbonyl (C=O) groups is 2. The van der Waals surface area contributed by atoms with Crippen molar-refractivity contribution in [3.63, 3.8) is 0 Å². The van der Waals surface area contributed by atoms with Crippen LogP contribution in [0.2, 0.25) is 0 Å². The monoisotopic (exact) mass is 444 g/mol. The Morgan fingerprint density at radius 1 is 1.16 bits per heavy atom. The maximum absolute atomic E-state index is 9.57. The Balaban J connectivity index is 0.000000427. The van der Waals surface area contributed by atoms with E-state index in [1.807, 2.05) is 24.3 Å². The van der Waals surface area contributed by atoms with Crippen molar-refractivity contribution in [2.24, 2.45) is 0 Å². The minimum atomic E-state index is -1.82. The topological polar surface area (TPSA) is 151 Å². The minimum Gasteiger partial charge on any atom is -0.508 e. The predicted octanol–water partition coefficient (Wildman–Crippen LogP) is 2.44. The zero-order chi connectivity index (χ0) is 22.9. The number of fused-ring (bicyclic) bond motifs is 2. The number of aryl methyl sites for hydroxylation is 1. The number of aromatic hydroxyl groups is 1. The Kier molecular flexibility index (Phi) is 7.87. The summed E-state index contributed by atoms with van der Waals surface area (Å²) in [4.78, 5) is 22.3. The van der Waals surface area contributed by atoms with Gasteiger partial charge in [-0.05, 0) is 49.6 Å². The maximum Gasteiger partial charge on any atom is 0.414 e. The van der Waals surface area contributed by atoms with E-state index in [1.54, 1.807) is 12.1 Å². The number of carboxylic acid groups (broad SMARTS) is 2. The number of phenolic OH excluding ortho intramolecular Hbond substituents is 1. The van der Waals surface area contributed by atoms with E-state index in [0.717, 1.165) is 60.5 Å². The molecule has 0 aliphatic carbocycles. The van der Waals surface area contributed by atoms with Gasteiger partial charge in [0.1, 0.15) is 28.9 Å². The third-order valence-electron chi connectivity index (χ3n) is 4.70. The van der Waals surface area contributed by atoms with E-state index in [2.05, 4.69) is 10.3 Å². The zero-order valence-corrected chi connectivity index (χ0v) is 17.2. The standard InChI is InChI=1S/C20H22N2O4.C2H2O4/c23-15-4-2-14-3-5-17(26-19(14)10-15)12-21-8-1-9-24-16-6-7-18-20(11-16)25-13-22-18;3-1(4)2(5)6/h2,4,6-7,10-11,13,17,21,23H,1,3,5,8-9,12H2;(H,3,4)(H,5,6). The molecule has 0 saturated carbocycles. The summed E-state index contributed by atoms with van der Waals surface area (Å²) < 4.78 is 17.0. The molecular weight excluding hydrogens is 420 g/mol. The van der Waals surface area contributed by atoms with E-state index in [1.165, 1.54) is 6.39 Å². The lowest BCUT2D eigenvalue weighted by atomic mass is 10.0. The molecule has 2 aromatic carbocycles. The second-order valence-electron chi connectivity index (χ2n) is 7.07. The predicted molar refractivity (Wildman–Crippen MR) is 113 cm³/mol. The number of hydrogen-bond acceptors (Lipinski definition) is 8. The van der Waals surface area contributed by atoms with Crippen molar-refractivity contribution in [3.05, 3.63) is 48.4 Å². The van der Waals surface area contributed by atoms with Gasteiger partial charge in [-0.1, -0.05) is 6.07 Å². The van der Waals surface area contributed by atoms with Crippen molar-refractivity contribution in [1.29, 1.82) is 0 Å². The highest BCUT2D eigenvalue weighted by molar-refractivity contribution is 6.27. The SMILES string of the molecule is O=C(O)C(=O)O.Oc1ccc2c(c1)OC(CNCCCOc1ccc3ncoc3c1)CC2. The Morgan fingerprint density at radius 2 is 1.97 bits per heavy atom. The average molecular weight is 444 g/mol. The Morgan fingerprint density at radius 3 is 2.75 bits per heavy atom. The van der Waals surface area contributed by atoms with Gasteiger partial charge in [-0.2, -0.15) is 0 Å². The first kappa shape index (κ1) is 22.9. The molecule has 1 aliphatic rings. The smallest absolute Gasteiger partial charge is 0.414 e. The molecule has 0 spiro atoms. The number of nitrogens with zero attached hydrogens (tertiary/aromatic N) is 1. The Labute approximate surface area is 183 Å². The van der Waals surface area contributed by atoms with Gasteiger partial charge in [0.15, 0.2) is 12.0 Å². The van der Waals surface area contributed by atoms with E-state index in [-0.39, 0.29) is 11.9 Å². The van der Waals surface area contributed by atoms with Crippen molar-refractivity contribution >= 4 is 23.0 Å². The quantitative estimate of drug-likeness (QED) is 0.316. The molecule has 1 aliphatic heterocycles. The molecular formula is C22H24N2O8. The highest BCUT2D eigenvalue weighted by atomic mass is 16.5. The molecule has 170 valence electrons. The summed E-state index contributed by atoms with van der Waals surface area (Å²) in [5.41, 5.74) is 2.74. The minimum absolute atomic E-state index is 0.138. The van der Waals surface area contributed by atoms with Gasteiger partial charge in [-0.3, -0.25) is 0 Å². The molecule has 10 nitrogen and oxygen atoms in total. The molecule has 0 fully saturated rings. The Hall–Kier alpha value is -3.79. The van der Waals surface area contributed by atoms with E-state index < -0.39 is 11.9 Å². The summed E-state index contributed by atoms with van der Waals surface area (Å²) in [5, 5.41) is 27.8. The highest BCUT2D eigenvalue weighted by Crippen LogP contribution is 2.30. The summed E-state index contributed by atoms with van der Waals surface area (Å²) in [6.45, 7) is 2.28. The molecule has 0 saturated heterocycles. The molecule has 0 bridgehead atoms. The van der Waals surface area contributed by atoms with Gasteiger partial charge in [0.2, 0.25) is 0 Å². The van der Waals surface area contributed by atoms with Crippen LogP contribution < -0.4 is 14.8 Å². The second-order valence-corrected chi connectivity index (χ2v) is 7.07. The van der Waals surface area contributed by atoms with Gasteiger partial charge in [0, 0.05) is 18.7 Å². The summed E-state index contributed by atoms with van der Waals surface area (Å²) in [6.07, 6.45) is 4.44. The molecule has 10 heteroatoms. The number of phenols is 1. The fourth-order valence-corrected chi connectivity index (χ4v) is 3.13. The molecule has 32 heavy (non-hydrogen) atoms. The van der Waals surface area contributed by atoms with Crippen LogP contribution >= 0.6 is 0 Å².